The molecule has 5 rings (SSSR count). The third kappa shape index (κ3) is 6.17. The van der Waals surface area contributed by atoms with E-state index in [9.17, 15) is 40.3 Å². The maximum Gasteiger partial charge on any atom is 0.416 e. The summed E-state index contributed by atoms with van der Waals surface area (Å²) in [5.74, 6) is -1.61. The second-order valence-corrected chi connectivity index (χ2v) is 11.5. The van der Waals surface area contributed by atoms with Gasteiger partial charge >= 0.3 is 12.4 Å². The molecule has 3 aromatic rings. The lowest BCUT2D eigenvalue weighted by Crippen LogP contribution is -2.57. The van der Waals surface area contributed by atoms with Crippen molar-refractivity contribution >= 4 is 23.2 Å². The Hall–Kier alpha value is -3.45. The Labute approximate surface area is 241 Å². The molecule has 0 spiro atoms. The summed E-state index contributed by atoms with van der Waals surface area (Å²) < 4.78 is 94.0. The molecule has 2 aliphatic rings. The van der Waals surface area contributed by atoms with Gasteiger partial charge in [-0.05, 0) is 66.2 Å². The van der Waals surface area contributed by atoms with Crippen LogP contribution in [0.15, 0.2) is 53.9 Å². The third-order valence-electron chi connectivity index (χ3n) is 7.64. The van der Waals surface area contributed by atoms with E-state index in [1.54, 1.807) is 24.3 Å². The van der Waals surface area contributed by atoms with Gasteiger partial charge < -0.3 is 9.80 Å². The van der Waals surface area contributed by atoms with E-state index in [0.29, 0.717) is 24.2 Å². The van der Waals surface area contributed by atoms with E-state index in [0.717, 1.165) is 16.9 Å². The molecule has 0 saturated carbocycles. The summed E-state index contributed by atoms with van der Waals surface area (Å²) in [6, 6.07) is 8.01. The third-order valence-corrected chi connectivity index (χ3v) is 8.64. The zero-order valence-electron chi connectivity index (χ0n) is 22.3. The lowest BCUT2D eigenvalue weighted by Gasteiger charge is -2.42. The minimum absolute atomic E-state index is 0.0136. The van der Waals surface area contributed by atoms with Crippen LogP contribution in [-0.2, 0) is 23.6 Å². The van der Waals surface area contributed by atoms with Gasteiger partial charge in [-0.2, -0.15) is 26.3 Å². The summed E-state index contributed by atoms with van der Waals surface area (Å²) in [4.78, 5) is 32.4. The molecule has 1 fully saturated rings. The summed E-state index contributed by atoms with van der Waals surface area (Å²) in [6.07, 6.45) is -9.43. The van der Waals surface area contributed by atoms with Crippen LogP contribution in [-0.4, -0.2) is 65.3 Å². The van der Waals surface area contributed by atoms with Crippen molar-refractivity contribution in [3.8, 4) is 0 Å². The van der Waals surface area contributed by atoms with Crippen molar-refractivity contribution in [2.75, 3.05) is 32.7 Å². The van der Waals surface area contributed by atoms with Crippen LogP contribution in [0.5, 0.6) is 0 Å². The van der Waals surface area contributed by atoms with Crippen LogP contribution in [0.3, 0.4) is 0 Å². The largest absolute Gasteiger partial charge is 0.416 e. The van der Waals surface area contributed by atoms with Crippen molar-refractivity contribution in [2.45, 2.75) is 37.8 Å². The molecule has 0 aliphatic carbocycles. The number of halogens is 7. The average Bonchev–Trinajstić information content (AvgIpc) is 3.40. The van der Waals surface area contributed by atoms with Crippen LogP contribution >= 0.6 is 11.3 Å². The summed E-state index contributed by atoms with van der Waals surface area (Å²) in [6.45, 7) is 2.21. The van der Waals surface area contributed by atoms with Crippen LogP contribution in [0.2, 0.25) is 0 Å². The Bertz CT molecular complexity index is 1450. The van der Waals surface area contributed by atoms with E-state index in [-0.39, 0.29) is 50.0 Å². The first kappa shape index (κ1) is 30.0. The van der Waals surface area contributed by atoms with Crippen molar-refractivity contribution in [1.82, 2.24) is 14.7 Å². The summed E-state index contributed by atoms with van der Waals surface area (Å²) in [5.41, 5.74) is -2.13. The van der Waals surface area contributed by atoms with Gasteiger partial charge in [0.1, 0.15) is 5.82 Å². The van der Waals surface area contributed by atoms with Crippen LogP contribution in [0.1, 0.15) is 50.5 Å². The van der Waals surface area contributed by atoms with Crippen molar-refractivity contribution in [1.29, 1.82) is 0 Å². The maximum atomic E-state index is 14.1. The van der Waals surface area contributed by atoms with Crippen LogP contribution in [0.25, 0.3) is 0 Å². The first-order chi connectivity index (χ1) is 19.7. The Morgan fingerprint density at radius 3 is 2.24 bits per heavy atom. The minimum atomic E-state index is -5.07. The zero-order chi connectivity index (χ0) is 30.4. The fourth-order valence-corrected chi connectivity index (χ4v) is 6.51. The number of hydrogen-bond donors (Lipinski definition) is 0. The van der Waals surface area contributed by atoms with E-state index in [1.165, 1.54) is 21.9 Å². The van der Waals surface area contributed by atoms with Gasteiger partial charge in [0.15, 0.2) is 0 Å². The predicted octanol–water partition coefficient (Wildman–Crippen LogP) is 6.25. The fourth-order valence-electron chi connectivity index (χ4n) is 5.61. The van der Waals surface area contributed by atoms with Crippen molar-refractivity contribution in [2.24, 2.45) is 0 Å². The van der Waals surface area contributed by atoms with Crippen LogP contribution < -0.4 is 0 Å². The number of nitrogens with zero attached hydrogens (tertiary/aromatic N) is 3. The molecule has 5 nitrogen and oxygen atoms in total. The molecule has 3 heterocycles. The number of fused-ring (bicyclic) bond motifs is 1. The van der Waals surface area contributed by atoms with Gasteiger partial charge in [0, 0.05) is 42.7 Å². The highest BCUT2D eigenvalue weighted by Gasteiger charge is 2.39. The molecule has 224 valence electrons. The molecule has 0 radical (unpaired) electrons. The maximum absolute atomic E-state index is 14.1. The molecule has 13 heteroatoms. The summed E-state index contributed by atoms with van der Waals surface area (Å²) >= 11 is 1.60. The molecule has 2 aromatic carbocycles. The van der Waals surface area contributed by atoms with Gasteiger partial charge in [0.2, 0.25) is 5.91 Å². The zero-order valence-corrected chi connectivity index (χ0v) is 23.1. The van der Waals surface area contributed by atoms with Gasteiger partial charge in [0.05, 0.1) is 23.7 Å². The van der Waals surface area contributed by atoms with Crippen molar-refractivity contribution in [3.63, 3.8) is 0 Å². The van der Waals surface area contributed by atoms with E-state index in [2.05, 4.69) is 0 Å². The minimum Gasteiger partial charge on any atom is -0.338 e. The van der Waals surface area contributed by atoms with E-state index in [4.69, 9.17) is 0 Å². The number of benzene rings is 2. The number of thiophene rings is 1. The summed E-state index contributed by atoms with van der Waals surface area (Å²) in [5, 5.41) is 1.96. The van der Waals surface area contributed by atoms with E-state index in [1.807, 2.05) is 22.4 Å². The number of carbonyl (C=O) groups is 2. The molecule has 0 bridgehead atoms. The van der Waals surface area contributed by atoms with Gasteiger partial charge in [-0.1, -0.05) is 12.1 Å². The normalized spacial score (nSPS) is 20.0. The monoisotopic (exact) mass is 613 g/mol. The molecule has 1 saturated heterocycles. The van der Waals surface area contributed by atoms with E-state index < -0.39 is 41.0 Å². The fraction of sp³-hybridized carbons (Fsp3) is 0.379. The molecule has 2 amide bonds. The van der Waals surface area contributed by atoms with Gasteiger partial charge in [-0.25, -0.2) is 4.39 Å². The first-order valence-electron chi connectivity index (χ1n) is 13.2. The topological polar surface area (TPSA) is 43.9 Å². The molecule has 1 aromatic heterocycles. The number of hydrogen-bond acceptors (Lipinski definition) is 4. The highest BCUT2D eigenvalue weighted by atomic mass is 32.1. The lowest BCUT2D eigenvalue weighted by atomic mass is 9.93. The van der Waals surface area contributed by atoms with Crippen LogP contribution in [0.4, 0.5) is 30.7 Å². The van der Waals surface area contributed by atoms with Gasteiger partial charge in [-0.3, -0.25) is 14.5 Å². The Balaban J connectivity index is 1.30. The molecular formula is C29H26F7N3O2S. The lowest BCUT2D eigenvalue weighted by molar-refractivity contribution is -0.143. The molecule has 2 aliphatic heterocycles. The summed E-state index contributed by atoms with van der Waals surface area (Å²) in [7, 11) is 0. The highest BCUT2D eigenvalue weighted by molar-refractivity contribution is 7.10. The Morgan fingerprint density at radius 2 is 1.62 bits per heavy atom. The Morgan fingerprint density at radius 1 is 0.929 bits per heavy atom. The second kappa shape index (κ2) is 11.3. The molecular weight excluding hydrogens is 587 g/mol. The molecule has 0 N–H and O–H groups in total. The smallest absolute Gasteiger partial charge is 0.338 e. The van der Waals surface area contributed by atoms with Crippen LogP contribution in [0, 0.1) is 5.82 Å². The van der Waals surface area contributed by atoms with Crippen molar-refractivity contribution < 1.29 is 40.3 Å². The van der Waals surface area contributed by atoms with Gasteiger partial charge in [0.25, 0.3) is 5.91 Å². The molecule has 0 unspecified atom stereocenters. The quantitative estimate of drug-likeness (QED) is 0.327. The number of carbonyl (C=O) groups excluding carboxylic acids is 2. The number of amides is 2. The highest BCUT2D eigenvalue weighted by Crippen LogP contribution is 2.39. The Kier molecular flexibility index (Phi) is 8.10. The SMILES string of the molecule is C[C@H]1CN(C(=O)CN2CCc3sccc3[C@@H]2c2cccc(F)c2)CCN1C(=O)c1cc(C(F)(F)F)cc(C(F)(F)F)c1. The number of alkyl halides is 6. The number of rotatable bonds is 4. The average molecular weight is 614 g/mol. The molecule has 42 heavy (non-hydrogen) atoms. The first-order valence-corrected chi connectivity index (χ1v) is 14.0. The van der Waals surface area contributed by atoms with E-state index >= 15 is 0 Å². The molecule has 2 atom stereocenters. The second-order valence-electron chi connectivity index (χ2n) is 10.5. The van der Waals surface area contributed by atoms with Crippen molar-refractivity contribution in [3.05, 3.63) is 92.4 Å². The number of piperazine rings is 1. The standard InChI is InChI=1S/C29H26F7N3O2S/c1-17-15-37(8-9-39(17)27(41)19-11-20(28(31,32)33)14-21(12-19)29(34,35)36)25(40)16-38-7-5-24-23(6-10-42-24)26(38)18-3-2-4-22(30)13-18/h2-4,6,10-14,17,26H,5,7-9,15-16H2,1H3/t17-,26-/m0/s1. The predicted molar refractivity (Wildman–Crippen MR) is 141 cm³/mol. The van der Waals surface area contributed by atoms with Gasteiger partial charge in [-0.15, -0.1) is 11.3 Å².